The van der Waals surface area contributed by atoms with Crippen LogP contribution >= 0.6 is 11.3 Å². The van der Waals surface area contributed by atoms with Crippen LogP contribution in [0, 0.1) is 6.92 Å². The van der Waals surface area contributed by atoms with Crippen molar-refractivity contribution in [2.45, 2.75) is 13.5 Å². The van der Waals surface area contributed by atoms with E-state index >= 15 is 0 Å². The summed E-state index contributed by atoms with van der Waals surface area (Å²) in [6.07, 6.45) is 1.70. The number of hydrogen-bond acceptors (Lipinski definition) is 6. The fraction of sp³-hybridized carbons (Fsp3) is 0.211. The van der Waals surface area contributed by atoms with E-state index in [1.165, 1.54) is 0 Å². The minimum Gasteiger partial charge on any atom is -0.491 e. The van der Waals surface area contributed by atoms with Gasteiger partial charge in [-0.2, -0.15) is 0 Å². The highest BCUT2D eigenvalue weighted by Crippen LogP contribution is 2.35. The Labute approximate surface area is 155 Å². The molecule has 0 atom stereocenters. The molecule has 4 rings (SSSR count). The summed E-state index contributed by atoms with van der Waals surface area (Å²) < 4.78 is 10.5. The van der Waals surface area contributed by atoms with Crippen LogP contribution in [-0.2, 0) is 6.54 Å². The number of rotatable bonds is 4. The van der Waals surface area contributed by atoms with Crippen molar-refractivity contribution in [3.05, 3.63) is 52.7 Å². The topological polar surface area (TPSA) is 64.5 Å². The largest absolute Gasteiger partial charge is 0.491 e. The predicted octanol–water partition coefficient (Wildman–Crippen LogP) is 3.69. The third-order valence-corrected chi connectivity index (χ3v) is 5.25. The van der Waals surface area contributed by atoms with Crippen LogP contribution in [0.3, 0.4) is 0 Å². The van der Waals surface area contributed by atoms with Crippen LogP contribution in [0.15, 0.2) is 35.8 Å². The van der Waals surface area contributed by atoms with Crippen molar-refractivity contribution in [1.29, 1.82) is 0 Å². The molecule has 0 radical (unpaired) electrons. The highest BCUT2D eigenvalue weighted by molar-refractivity contribution is 7.14. The molecule has 1 aliphatic rings. The maximum Gasteiger partial charge on any atom is 0.261 e. The van der Waals surface area contributed by atoms with Crippen LogP contribution in [0.2, 0.25) is 0 Å². The lowest BCUT2D eigenvalue weighted by atomic mass is 10.1. The molecule has 7 heteroatoms. The molecule has 132 valence electrons. The van der Waals surface area contributed by atoms with E-state index in [1.54, 1.807) is 36.7 Å². The molecule has 0 bridgehead atoms. The third kappa shape index (κ3) is 2.61. The number of nitrogens with zero attached hydrogens (tertiary/aromatic N) is 3. The maximum absolute atomic E-state index is 12.8. The van der Waals surface area contributed by atoms with E-state index in [-0.39, 0.29) is 5.91 Å². The van der Waals surface area contributed by atoms with Crippen molar-refractivity contribution in [2.24, 2.45) is 0 Å². The lowest BCUT2D eigenvalue weighted by Gasteiger charge is -2.11. The van der Waals surface area contributed by atoms with Gasteiger partial charge in [-0.15, -0.1) is 11.3 Å². The second-order valence-corrected chi connectivity index (χ2v) is 6.85. The number of pyridine rings is 2. The van der Waals surface area contributed by atoms with E-state index in [0.29, 0.717) is 23.7 Å². The summed E-state index contributed by atoms with van der Waals surface area (Å²) in [7, 11) is 3.12. The summed E-state index contributed by atoms with van der Waals surface area (Å²) in [5, 5.41) is 2.90. The number of fused-ring (bicyclic) bond motifs is 1. The molecule has 0 fully saturated rings. The third-order valence-electron chi connectivity index (χ3n) is 4.36. The van der Waals surface area contributed by atoms with E-state index in [0.717, 1.165) is 27.5 Å². The molecule has 1 amide bonds. The monoisotopic (exact) mass is 367 g/mol. The number of thiophene rings is 1. The normalized spacial score (nSPS) is 13.0. The minimum atomic E-state index is 0.00411. The first-order valence-corrected chi connectivity index (χ1v) is 8.94. The first-order valence-electron chi connectivity index (χ1n) is 8.06. The Morgan fingerprint density at radius 2 is 2.08 bits per heavy atom. The van der Waals surface area contributed by atoms with Gasteiger partial charge in [0.15, 0.2) is 5.75 Å². The van der Waals surface area contributed by atoms with Gasteiger partial charge in [-0.3, -0.25) is 14.7 Å². The summed E-state index contributed by atoms with van der Waals surface area (Å²) in [6.45, 7) is 2.41. The Balaban J connectivity index is 1.76. The molecule has 6 nitrogen and oxygen atoms in total. The van der Waals surface area contributed by atoms with Gasteiger partial charge in [-0.05, 0) is 42.1 Å². The Morgan fingerprint density at radius 1 is 1.23 bits per heavy atom. The van der Waals surface area contributed by atoms with Crippen LogP contribution in [0.1, 0.15) is 21.6 Å². The average molecular weight is 367 g/mol. The second kappa shape index (κ2) is 6.42. The zero-order valence-electron chi connectivity index (χ0n) is 14.6. The summed E-state index contributed by atoms with van der Waals surface area (Å²) in [6, 6.07) is 7.64. The molecular formula is C19H17N3O3S. The summed E-state index contributed by atoms with van der Waals surface area (Å²) in [4.78, 5) is 23.6. The van der Waals surface area contributed by atoms with Gasteiger partial charge in [0.2, 0.25) is 0 Å². The van der Waals surface area contributed by atoms with Gasteiger partial charge in [0.25, 0.3) is 11.8 Å². The molecule has 3 aromatic rings. The summed E-state index contributed by atoms with van der Waals surface area (Å²) in [5.74, 6) is 0.971. The van der Waals surface area contributed by atoms with Gasteiger partial charge in [0.1, 0.15) is 0 Å². The van der Waals surface area contributed by atoms with E-state index in [2.05, 4.69) is 4.98 Å². The van der Waals surface area contributed by atoms with Gasteiger partial charge < -0.3 is 9.47 Å². The van der Waals surface area contributed by atoms with E-state index < -0.39 is 0 Å². The van der Waals surface area contributed by atoms with Crippen molar-refractivity contribution in [3.63, 3.8) is 0 Å². The molecule has 4 heterocycles. The van der Waals surface area contributed by atoms with Crippen LogP contribution in [-0.4, -0.2) is 30.1 Å². The van der Waals surface area contributed by atoms with Gasteiger partial charge in [0, 0.05) is 11.8 Å². The minimum absolute atomic E-state index is 0.00411. The standard InChI is InChI=1S/C19H17N3O3S/c1-11-7-13(12-8-15(24-2)18(25-3)20-9-12)21-14-10-22(19(23)17(11)14)16-5-4-6-26-16/h4-9H,10H2,1-3H3. The zero-order chi connectivity index (χ0) is 18.3. The number of carbonyl (C=O) groups is 1. The van der Waals surface area contributed by atoms with Crippen molar-refractivity contribution in [1.82, 2.24) is 9.97 Å². The number of aryl methyl sites for hydroxylation is 1. The molecule has 26 heavy (non-hydrogen) atoms. The van der Waals surface area contributed by atoms with Crippen molar-refractivity contribution < 1.29 is 14.3 Å². The number of aromatic nitrogens is 2. The number of amides is 1. The second-order valence-electron chi connectivity index (χ2n) is 5.92. The van der Waals surface area contributed by atoms with Crippen LogP contribution < -0.4 is 14.4 Å². The first kappa shape index (κ1) is 16.5. The van der Waals surface area contributed by atoms with E-state index in [4.69, 9.17) is 14.5 Å². The van der Waals surface area contributed by atoms with Crippen LogP contribution in [0.4, 0.5) is 5.00 Å². The Hall–Kier alpha value is -2.93. The fourth-order valence-corrected chi connectivity index (χ4v) is 3.85. The fourth-order valence-electron chi connectivity index (χ4n) is 3.12. The van der Waals surface area contributed by atoms with Gasteiger partial charge in [0.05, 0.1) is 42.7 Å². The zero-order valence-corrected chi connectivity index (χ0v) is 15.5. The molecule has 0 unspecified atom stereocenters. The number of methoxy groups -OCH3 is 2. The molecule has 0 saturated carbocycles. The summed E-state index contributed by atoms with van der Waals surface area (Å²) in [5.41, 5.74) is 3.96. The van der Waals surface area contributed by atoms with Crippen LogP contribution in [0.5, 0.6) is 11.6 Å². The Kier molecular flexibility index (Phi) is 4.08. The first-order chi connectivity index (χ1) is 12.6. The number of ether oxygens (including phenoxy) is 2. The average Bonchev–Trinajstić information content (AvgIpc) is 3.29. The SMILES string of the molecule is COc1cc(-c2cc(C)c3c(n2)CN(c2cccs2)C3=O)cnc1OC. The highest BCUT2D eigenvalue weighted by atomic mass is 32.1. The van der Waals surface area contributed by atoms with Crippen molar-refractivity contribution in [3.8, 4) is 22.9 Å². The number of anilines is 1. The molecule has 3 aromatic heterocycles. The maximum atomic E-state index is 12.8. The lowest BCUT2D eigenvalue weighted by Crippen LogP contribution is -2.22. The van der Waals surface area contributed by atoms with Crippen molar-refractivity contribution in [2.75, 3.05) is 19.1 Å². The lowest BCUT2D eigenvalue weighted by molar-refractivity contribution is 0.0996. The summed E-state index contributed by atoms with van der Waals surface area (Å²) >= 11 is 1.55. The highest BCUT2D eigenvalue weighted by Gasteiger charge is 2.32. The Morgan fingerprint density at radius 3 is 2.77 bits per heavy atom. The molecule has 0 saturated heterocycles. The molecule has 0 aromatic carbocycles. The smallest absolute Gasteiger partial charge is 0.261 e. The molecule has 0 spiro atoms. The molecule has 0 N–H and O–H groups in total. The molecule has 1 aliphatic heterocycles. The van der Waals surface area contributed by atoms with Crippen LogP contribution in [0.25, 0.3) is 11.3 Å². The van der Waals surface area contributed by atoms with Gasteiger partial charge in [-0.25, -0.2) is 4.98 Å². The van der Waals surface area contributed by atoms with E-state index in [9.17, 15) is 4.79 Å². The number of hydrogen-bond donors (Lipinski definition) is 0. The Bertz CT molecular complexity index is 986. The van der Waals surface area contributed by atoms with Gasteiger partial charge in [-0.1, -0.05) is 0 Å². The van der Waals surface area contributed by atoms with E-state index in [1.807, 2.05) is 36.6 Å². The predicted molar refractivity (Wildman–Crippen MR) is 100 cm³/mol. The van der Waals surface area contributed by atoms with Crippen molar-refractivity contribution >= 4 is 22.2 Å². The molecular weight excluding hydrogens is 350 g/mol. The molecule has 0 aliphatic carbocycles. The quantitative estimate of drug-likeness (QED) is 0.704. The van der Waals surface area contributed by atoms with Gasteiger partial charge >= 0.3 is 0 Å². The number of carbonyl (C=O) groups excluding carboxylic acids is 1.